The van der Waals surface area contributed by atoms with Crippen molar-refractivity contribution in [1.29, 1.82) is 0 Å². The molecule has 9 rings (SSSR count). The van der Waals surface area contributed by atoms with Gasteiger partial charge < -0.3 is 0 Å². The van der Waals surface area contributed by atoms with Gasteiger partial charge in [0.25, 0.3) is 23.6 Å². The largest absolute Gasteiger partial charge is 0.268 e. The van der Waals surface area contributed by atoms with Crippen molar-refractivity contribution in [3.8, 4) is 44.5 Å². The van der Waals surface area contributed by atoms with Crippen molar-refractivity contribution in [2.75, 3.05) is 9.80 Å². The Hall–Kier alpha value is -7.18. The molecule has 2 aliphatic rings. The summed E-state index contributed by atoms with van der Waals surface area (Å²) in [5.74, 6) is -1.30. The van der Waals surface area contributed by atoms with Gasteiger partial charge in [-0.05, 0) is 132 Å². The molecule has 0 saturated carbocycles. The highest BCUT2D eigenvalue weighted by molar-refractivity contribution is 6.35. The zero-order valence-electron chi connectivity index (χ0n) is 31.4. The summed E-state index contributed by atoms with van der Waals surface area (Å²) in [7, 11) is 0. The van der Waals surface area contributed by atoms with Crippen molar-refractivity contribution in [3.63, 3.8) is 0 Å². The highest BCUT2D eigenvalue weighted by Gasteiger charge is 2.38. The zero-order chi connectivity index (χ0) is 38.8. The molecule has 0 spiro atoms. The van der Waals surface area contributed by atoms with E-state index >= 15 is 0 Å². The van der Waals surface area contributed by atoms with E-state index in [0.717, 1.165) is 66.8 Å². The van der Waals surface area contributed by atoms with Gasteiger partial charge in [-0.15, -0.1) is 0 Å². The van der Waals surface area contributed by atoms with Crippen LogP contribution in [-0.4, -0.2) is 23.6 Å². The lowest BCUT2D eigenvalue weighted by atomic mass is 9.96. The molecule has 0 saturated heterocycles. The number of imide groups is 2. The third kappa shape index (κ3) is 5.74. The third-order valence-electron chi connectivity index (χ3n) is 11.0. The van der Waals surface area contributed by atoms with Gasteiger partial charge in [0.1, 0.15) is 0 Å². The second-order valence-corrected chi connectivity index (χ2v) is 14.7. The first-order valence-electron chi connectivity index (χ1n) is 18.6. The van der Waals surface area contributed by atoms with Gasteiger partial charge in [-0.2, -0.15) is 0 Å². The Morgan fingerprint density at radius 1 is 0.304 bits per heavy atom. The Balaban J connectivity index is 0.926. The number of hydrogen-bond donors (Lipinski definition) is 0. The predicted octanol–water partition coefficient (Wildman–Crippen LogP) is 11.2. The molecular formula is C50H36N2O4. The van der Waals surface area contributed by atoms with Crippen LogP contribution in [0.2, 0.25) is 0 Å². The monoisotopic (exact) mass is 728 g/mol. The third-order valence-corrected chi connectivity index (χ3v) is 11.0. The summed E-state index contributed by atoms with van der Waals surface area (Å²) in [4.78, 5) is 56.8. The van der Waals surface area contributed by atoms with E-state index in [9.17, 15) is 19.2 Å². The summed E-state index contributed by atoms with van der Waals surface area (Å²) in [6, 6.07) is 46.7. The molecule has 0 N–H and O–H groups in total. The van der Waals surface area contributed by atoms with Crippen molar-refractivity contribution in [3.05, 3.63) is 190 Å². The fraction of sp³-hybridized carbons (Fsp3) is 0.0800. The molecule has 7 aromatic rings. The SMILES string of the molecule is Cc1ccc(-c2ccc3c(c2)C(=O)N(c2ccc(-c4ccc(-c5ccc(N6C(=O)c7ccc(-c8ccc(C)cc8)cc7C6=O)c(C)c5)cc4)c(C)c2)C3=O)cc1. The van der Waals surface area contributed by atoms with Gasteiger partial charge in [-0.25, -0.2) is 9.80 Å². The molecule has 0 aromatic heterocycles. The molecule has 2 heterocycles. The molecule has 270 valence electrons. The number of nitrogens with zero attached hydrogens (tertiary/aromatic N) is 2. The Morgan fingerprint density at radius 3 is 1.21 bits per heavy atom. The molecule has 2 aliphatic heterocycles. The lowest BCUT2D eigenvalue weighted by molar-refractivity contribution is 0.0910. The van der Waals surface area contributed by atoms with Crippen LogP contribution >= 0.6 is 0 Å². The summed E-state index contributed by atoms with van der Waals surface area (Å²) in [5, 5.41) is 0. The lowest BCUT2D eigenvalue weighted by Gasteiger charge is -2.18. The average molecular weight is 729 g/mol. The number of carbonyl (C=O) groups is 4. The van der Waals surface area contributed by atoms with E-state index in [0.29, 0.717) is 33.6 Å². The number of amides is 4. The Kier molecular flexibility index (Phi) is 8.20. The summed E-state index contributed by atoms with van der Waals surface area (Å²) in [6.07, 6.45) is 0. The van der Waals surface area contributed by atoms with Crippen LogP contribution in [0.15, 0.2) is 146 Å². The molecule has 0 fully saturated rings. The molecule has 6 heteroatoms. The summed E-state index contributed by atoms with van der Waals surface area (Å²) in [5.41, 5.74) is 14.5. The number of anilines is 2. The Morgan fingerprint density at radius 2 is 0.696 bits per heavy atom. The van der Waals surface area contributed by atoms with Gasteiger partial charge >= 0.3 is 0 Å². The smallest absolute Gasteiger partial charge is 0.266 e. The number of fused-ring (bicyclic) bond motifs is 2. The maximum atomic E-state index is 13.7. The van der Waals surface area contributed by atoms with E-state index in [-0.39, 0.29) is 23.6 Å². The van der Waals surface area contributed by atoms with Gasteiger partial charge in [0.2, 0.25) is 0 Å². The fourth-order valence-corrected chi connectivity index (χ4v) is 7.83. The van der Waals surface area contributed by atoms with Crippen molar-refractivity contribution >= 4 is 35.0 Å². The van der Waals surface area contributed by atoms with Crippen LogP contribution in [0.25, 0.3) is 44.5 Å². The van der Waals surface area contributed by atoms with Gasteiger partial charge in [-0.1, -0.05) is 108 Å². The van der Waals surface area contributed by atoms with E-state index in [4.69, 9.17) is 0 Å². The minimum Gasteiger partial charge on any atom is -0.268 e. The molecule has 6 nitrogen and oxygen atoms in total. The lowest BCUT2D eigenvalue weighted by Crippen LogP contribution is -2.30. The molecule has 0 aliphatic carbocycles. The standard InChI is InChI=1S/C50H36N2O4/c1-29-5-9-33(10-6-29)38-17-21-42-44(27-38)49(55)51(47(42)53)40-20-23-41(31(3)26-40)36-15-13-35(14-16-36)37-19-24-46(32(4)25-37)52-48(54)43-22-18-39(28-45(43)50(52)56)34-11-7-30(2)8-12-34/h5-28H,1-4H3. The van der Waals surface area contributed by atoms with Crippen LogP contribution in [0.4, 0.5) is 11.4 Å². The summed E-state index contributed by atoms with van der Waals surface area (Å²) < 4.78 is 0. The second kappa shape index (κ2) is 13.3. The first kappa shape index (κ1) is 34.6. The minimum absolute atomic E-state index is 0.322. The normalized spacial score (nSPS) is 13.4. The molecule has 0 unspecified atom stereocenters. The van der Waals surface area contributed by atoms with Crippen LogP contribution in [-0.2, 0) is 0 Å². The fourth-order valence-electron chi connectivity index (χ4n) is 7.83. The average Bonchev–Trinajstić information content (AvgIpc) is 3.61. The topological polar surface area (TPSA) is 74.8 Å². The molecule has 0 radical (unpaired) electrons. The van der Waals surface area contributed by atoms with E-state index in [1.807, 2.05) is 161 Å². The quantitative estimate of drug-likeness (QED) is 0.160. The van der Waals surface area contributed by atoms with Crippen LogP contribution in [0.3, 0.4) is 0 Å². The molecule has 56 heavy (non-hydrogen) atoms. The van der Waals surface area contributed by atoms with Crippen LogP contribution in [0.5, 0.6) is 0 Å². The van der Waals surface area contributed by atoms with Gasteiger partial charge in [0.15, 0.2) is 0 Å². The number of benzene rings is 7. The molecule has 7 aromatic carbocycles. The van der Waals surface area contributed by atoms with Crippen molar-refractivity contribution < 1.29 is 19.2 Å². The van der Waals surface area contributed by atoms with Crippen LogP contribution < -0.4 is 9.80 Å². The van der Waals surface area contributed by atoms with E-state index in [1.165, 1.54) is 9.80 Å². The number of hydrogen-bond acceptors (Lipinski definition) is 4. The second-order valence-electron chi connectivity index (χ2n) is 14.7. The summed E-state index contributed by atoms with van der Waals surface area (Å²) >= 11 is 0. The van der Waals surface area contributed by atoms with Crippen LogP contribution in [0.1, 0.15) is 63.7 Å². The maximum Gasteiger partial charge on any atom is 0.266 e. The molecule has 0 bridgehead atoms. The molecule has 4 amide bonds. The van der Waals surface area contributed by atoms with Gasteiger partial charge in [0.05, 0.1) is 33.6 Å². The highest BCUT2D eigenvalue weighted by Crippen LogP contribution is 2.37. The van der Waals surface area contributed by atoms with Crippen molar-refractivity contribution in [2.24, 2.45) is 0 Å². The predicted molar refractivity (Wildman–Crippen MR) is 222 cm³/mol. The first-order chi connectivity index (χ1) is 27.0. The maximum absolute atomic E-state index is 13.7. The molecular weight excluding hydrogens is 693 g/mol. The Bertz CT molecular complexity index is 2800. The number of aryl methyl sites for hydroxylation is 4. The Labute approximate surface area is 325 Å². The van der Waals surface area contributed by atoms with E-state index in [1.54, 1.807) is 12.1 Å². The van der Waals surface area contributed by atoms with Gasteiger partial charge in [-0.3, -0.25) is 19.2 Å². The number of rotatable bonds is 6. The zero-order valence-corrected chi connectivity index (χ0v) is 31.4. The highest BCUT2D eigenvalue weighted by atomic mass is 16.2. The van der Waals surface area contributed by atoms with Crippen molar-refractivity contribution in [1.82, 2.24) is 0 Å². The van der Waals surface area contributed by atoms with Crippen molar-refractivity contribution in [2.45, 2.75) is 27.7 Å². The number of carbonyl (C=O) groups excluding carboxylic acids is 4. The van der Waals surface area contributed by atoms with Crippen LogP contribution in [0, 0.1) is 27.7 Å². The summed E-state index contributed by atoms with van der Waals surface area (Å²) in [6.45, 7) is 7.95. The molecule has 0 atom stereocenters. The van der Waals surface area contributed by atoms with Gasteiger partial charge in [0, 0.05) is 0 Å². The van der Waals surface area contributed by atoms with E-state index in [2.05, 4.69) is 0 Å². The van der Waals surface area contributed by atoms with E-state index < -0.39 is 0 Å². The minimum atomic E-state index is -0.327. The first-order valence-corrected chi connectivity index (χ1v) is 18.6.